The molecule has 0 aromatic heterocycles. The molecule has 0 aliphatic carbocycles. The van der Waals surface area contributed by atoms with Gasteiger partial charge in [0, 0.05) is 0 Å². The first-order valence-electron chi connectivity index (χ1n) is 10.6. The second kappa shape index (κ2) is 14.6. The largest absolute Gasteiger partial charge is 0.394 e. The molecule has 0 unspecified atom stereocenters. The van der Waals surface area contributed by atoms with Crippen molar-refractivity contribution in [1.29, 1.82) is 0 Å². The van der Waals surface area contributed by atoms with Gasteiger partial charge in [-0.25, -0.2) is 0 Å². The van der Waals surface area contributed by atoms with E-state index < -0.39 is 30.5 Å². The van der Waals surface area contributed by atoms with Crippen molar-refractivity contribution in [1.82, 2.24) is 0 Å². The van der Waals surface area contributed by atoms with Gasteiger partial charge in [-0.2, -0.15) is 0 Å². The minimum atomic E-state index is -1.28. The summed E-state index contributed by atoms with van der Waals surface area (Å²) in [5, 5.41) is 38.6. The van der Waals surface area contributed by atoms with E-state index in [0.717, 1.165) is 6.42 Å². The van der Waals surface area contributed by atoms with Gasteiger partial charge < -0.3 is 25.2 Å². The highest BCUT2D eigenvalue weighted by atomic mass is 16.5. The maximum atomic E-state index is 9.96. The number of unbranched alkanes of at least 4 members (excludes halogenated alkanes) is 10. The number of aliphatic hydroxyl groups is 4. The minimum Gasteiger partial charge on any atom is -0.394 e. The van der Waals surface area contributed by atoms with Crippen LogP contribution in [0.2, 0.25) is 0 Å². The van der Waals surface area contributed by atoms with Gasteiger partial charge in [-0.3, -0.25) is 0 Å². The van der Waals surface area contributed by atoms with Gasteiger partial charge >= 0.3 is 0 Å². The van der Waals surface area contributed by atoms with Gasteiger partial charge in [-0.05, 0) is 19.3 Å². The summed E-state index contributed by atoms with van der Waals surface area (Å²) < 4.78 is 5.48. The van der Waals surface area contributed by atoms with Crippen LogP contribution in [0.5, 0.6) is 0 Å². The normalized spacial score (nSPS) is 29.5. The smallest absolute Gasteiger partial charge is 0.111 e. The average Bonchev–Trinajstić information content (AvgIpc) is 2.65. The van der Waals surface area contributed by atoms with Crippen LogP contribution >= 0.6 is 0 Å². The second-order valence-electron chi connectivity index (χ2n) is 7.55. The van der Waals surface area contributed by atoms with Gasteiger partial charge in [-0.1, -0.05) is 76.9 Å². The van der Waals surface area contributed by atoms with E-state index in [9.17, 15) is 20.4 Å². The van der Waals surface area contributed by atoms with Crippen molar-refractivity contribution in [2.75, 3.05) is 6.61 Å². The Bertz CT molecular complexity index is 358. The molecule has 5 nitrogen and oxygen atoms in total. The lowest BCUT2D eigenvalue weighted by Gasteiger charge is -2.39. The Morgan fingerprint density at radius 1 is 0.692 bits per heavy atom. The number of hydrogen-bond donors (Lipinski definition) is 4. The van der Waals surface area contributed by atoms with Crippen molar-refractivity contribution in [3.05, 3.63) is 12.2 Å². The number of allylic oxidation sites excluding steroid dienone is 1. The summed E-state index contributed by atoms with van der Waals surface area (Å²) in [7, 11) is 0. The third-order valence-electron chi connectivity index (χ3n) is 5.25. The van der Waals surface area contributed by atoms with Crippen molar-refractivity contribution in [3.8, 4) is 0 Å². The van der Waals surface area contributed by atoms with Crippen molar-refractivity contribution < 1.29 is 25.2 Å². The lowest BCUT2D eigenvalue weighted by Crippen LogP contribution is -2.58. The summed E-state index contributed by atoms with van der Waals surface area (Å²) in [6, 6.07) is 0. The highest BCUT2D eigenvalue weighted by Gasteiger charge is 2.42. The van der Waals surface area contributed by atoms with Crippen LogP contribution in [0.15, 0.2) is 12.2 Å². The van der Waals surface area contributed by atoms with E-state index >= 15 is 0 Å². The molecule has 0 radical (unpaired) electrons. The van der Waals surface area contributed by atoms with Crippen LogP contribution in [0.3, 0.4) is 0 Å². The van der Waals surface area contributed by atoms with Crippen molar-refractivity contribution in [3.63, 3.8) is 0 Å². The molecule has 0 amide bonds. The third-order valence-corrected chi connectivity index (χ3v) is 5.25. The average molecular weight is 373 g/mol. The first-order valence-corrected chi connectivity index (χ1v) is 10.6. The molecule has 0 aromatic rings. The van der Waals surface area contributed by atoms with E-state index in [1.807, 2.05) is 6.08 Å². The molecule has 1 rings (SSSR count). The molecule has 0 spiro atoms. The number of rotatable bonds is 14. The maximum Gasteiger partial charge on any atom is 0.111 e. The Hall–Kier alpha value is -0.460. The van der Waals surface area contributed by atoms with E-state index in [1.54, 1.807) is 0 Å². The van der Waals surface area contributed by atoms with Crippen LogP contribution in [0.4, 0.5) is 0 Å². The zero-order chi connectivity index (χ0) is 19.2. The fourth-order valence-corrected chi connectivity index (χ4v) is 3.47. The highest BCUT2D eigenvalue weighted by molar-refractivity contribution is 4.96. The van der Waals surface area contributed by atoms with Crippen molar-refractivity contribution in [2.45, 2.75) is 114 Å². The van der Waals surface area contributed by atoms with Crippen LogP contribution in [-0.4, -0.2) is 57.6 Å². The van der Waals surface area contributed by atoms with E-state index in [2.05, 4.69) is 13.0 Å². The molecule has 1 aliphatic rings. The molecule has 0 saturated carbocycles. The van der Waals surface area contributed by atoms with Gasteiger partial charge in [0.2, 0.25) is 0 Å². The Kier molecular flexibility index (Phi) is 13.2. The molecule has 0 aromatic carbocycles. The molecule has 154 valence electrons. The Morgan fingerprint density at radius 2 is 1.23 bits per heavy atom. The number of aliphatic hydroxyl groups excluding tert-OH is 4. The molecule has 1 saturated heterocycles. The molecule has 5 atom stereocenters. The summed E-state index contributed by atoms with van der Waals surface area (Å²) in [5.74, 6) is 0. The quantitative estimate of drug-likeness (QED) is 0.278. The first kappa shape index (κ1) is 23.6. The molecule has 4 N–H and O–H groups in total. The van der Waals surface area contributed by atoms with E-state index in [4.69, 9.17) is 4.74 Å². The number of hydrogen-bond acceptors (Lipinski definition) is 5. The van der Waals surface area contributed by atoms with Gasteiger partial charge in [0.15, 0.2) is 0 Å². The molecular formula is C21H40O5. The predicted molar refractivity (Wildman–Crippen MR) is 104 cm³/mol. The van der Waals surface area contributed by atoms with Crippen LogP contribution in [0.25, 0.3) is 0 Å². The second-order valence-corrected chi connectivity index (χ2v) is 7.55. The van der Waals surface area contributed by atoms with Crippen molar-refractivity contribution >= 4 is 0 Å². The Morgan fingerprint density at radius 3 is 1.81 bits per heavy atom. The molecular weight excluding hydrogens is 332 g/mol. The molecule has 1 fully saturated rings. The molecule has 5 heteroatoms. The SMILES string of the molecule is CCCCCCCCCCCC/C=C/C[C@H]1O[C@H](CO)[C@H](O)[C@H](O)[C@H]1O. The molecule has 1 aliphatic heterocycles. The lowest BCUT2D eigenvalue weighted by molar-refractivity contribution is -0.228. The van der Waals surface area contributed by atoms with Gasteiger partial charge in [0.05, 0.1) is 12.7 Å². The summed E-state index contributed by atoms with van der Waals surface area (Å²) in [4.78, 5) is 0. The van der Waals surface area contributed by atoms with Crippen molar-refractivity contribution in [2.24, 2.45) is 0 Å². The molecule has 26 heavy (non-hydrogen) atoms. The van der Waals surface area contributed by atoms with Gasteiger partial charge in [0.1, 0.15) is 24.4 Å². The zero-order valence-electron chi connectivity index (χ0n) is 16.4. The zero-order valence-corrected chi connectivity index (χ0v) is 16.4. The summed E-state index contributed by atoms with van der Waals surface area (Å²) in [5.41, 5.74) is 0. The summed E-state index contributed by atoms with van der Waals surface area (Å²) >= 11 is 0. The Labute approximate surface area is 159 Å². The molecule has 1 heterocycles. The summed E-state index contributed by atoms with van der Waals surface area (Å²) in [6.07, 6.45) is 13.7. The van der Waals surface area contributed by atoms with Gasteiger partial charge in [0.25, 0.3) is 0 Å². The fourth-order valence-electron chi connectivity index (χ4n) is 3.47. The molecule has 0 bridgehead atoms. The predicted octanol–water partition coefficient (Wildman–Crippen LogP) is 3.09. The Balaban J connectivity index is 2.03. The number of ether oxygens (including phenoxy) is 1. The lowest BCUT2D eigenvalue weighted by atomic mass is 9.93. The first-order chi connectivity index (χ1) is 12.6. The highest BCUT2D eigenvalue weighted by Crippen LogP contribution is 2.23. The summed E-state index contributed by atoms with van der Waals surface area (Å²) in [6.45, 7) is 1.88. The van der Waals surface area contributed by atoms with Crippen LogP contribution < -0.4 is 0 Å². The minimum absolute atomic E-state index is 0.371. The standard InChI is InChI=1S/C21H40O5/c1-2-3-4-5-6-7-8-9-10-11-12-13-14-15-17-19(23)21(25)20(24)18(16-22)26-17/h13-14,17-25H,2-12,15-16H2,1H3/b14-13+/t17-,18-,19+,20+,21-/m1/s1. The fraction of sp³-hybridized carbons (Fsp3) is 0.905. The van der Waals surface area contributed by atoms with Gasteiger partial charge in [-0.15, -0.1) is 0 Å². The maximum absolute atomic E-state index is 9.96. The van der Waals surface area contributed by atoms with Crippen LogP contribution in [0.1, 0.15) is 84.0 Å². The monoisotopic (exact) mass is 372 g/mol. The van der Waals surface area contributed by atoms with E-state index in [-0.39, 0.29) is 6.61 Å². The van der Waals surface area contributed by atoms with E-state index in [1.165, 1.54) is 64.2 Å². The van der Waals surface area contributed by atoms with Crippen LogP contribution in [-0.2, 0) is 4.74 Å². The topological polar surface area (TPSA) is 90.2 Å². The third kappa shape index (κ3) is 8.96. The van der Waals surface area contributed by atoms with Crippen LogP contribution in [0, 0.1) is 0 Å². The van der Waals surface area contributed by atoms with E-state index in [0.29, 0.717) is 6.42 Å².